The summed E-state index contributed by atoms with van der Waals surface area (Å²) in [5.41, 5.74) is 4.50. The Morgan fingerprint density at radius 2 is 0.852 bits per heavy atom. The first-order chi connectivity index (χ1) is 26.6. The SMILES string of the molecule is CCCCCCCCCOC(=O)CCCCCCCN(CCCC=O)CCCCCCCC(=O)OC(CCCCCCCC)CCCCCCCC.CN. The molecule has 0 radical (unpaired) electrons. The van der Waals surface area contributed by atoms with E-state index in [9.17, 15) is 14.4 Å². The number of carbonyl (C=O) groups excluding carboxylic acids is 3. The van der Waals surface area contributed by atoms with Crippen molar-refractivity contribution in [2.24, 2.45) is 5.73 Å². The van der Waals surface area contributed by atoms with Crippen LogP contribution < -0.4 is 5.73 Å². The van der Waals surface area contributed by atoms with Crippen molar-refractivity contribution in [3.05, 3.63) is 0 Å². The van der Waals surface area contributed by atoms with Gasteiger partial charge in [-0.1, -0.05) is 162 Å². The number of hydrogen-bond acceptors (Lipinski definition) is 7. The molecule has 322 valence electrons. The summed E-state index contributed by atoms with van der Waals surface area (Å²) in [7, 11) is 1.50. The predicted octanol–water partition coefficient (Wildman–Crippen LogP) is 13.2. The molecule has 0 heterocycles. The number of nitrogens with two attached hydrogens (primary N) is 1. The molecule has 0 aliphatic rings. The van der Waals surface area contributed by atoms with Crippen LogP contribution in [0.2, 0.25) is 0 Å². The van der Waals surface area contributed by atoms with Crippen molar-refractivity contribution < 1.29 is 23.9 Å². The molecular weight excluding hydrogens is 673 g/mol. The number of carbonyl (C=O) groups is 3. The largest absolute Gasteiger partial charge is 0.466 e. The number of esters is 2. The van der Waals surface area contributed by atoms with Gasteiger partial charge in [0, 0.05) is 19.3 Å². The smallest absolute Gasteiger partial charge is 0.306 e. The quantitative estimate of drug-likeness (QED) is 0.0375. The highest BCUT2D eigenvalue weighted by Gasteiger charge is 2.14. The first-order valence-corrected chi connectivity index (χ1v) is 23.7. The van der Waals surface area contributed by atoms with Gasteiger partial charge in [0.25, 0.3) is 0 Å². The summed E-state index contributed by atoms with van der Waals surface area (Å²) in [6.07, 6.45) is 41.0. The monoisotopic (exact) mass is 767 g/mol. The van der Waals surface area contributed by atoms with E-state index in [1.165, 1.54) is 148 Å². The normalized spacial score (nSPS) is 11.2. The summed E-state index contributed by atoms with van der Waals surface area (Å²) < 4.78 is 11.5. The highest BCUT2D eigenvalue weighted by atomic mass is 16.5. The van der Waals surface area contributed by atoms with E-state index in [0.717, 1.165) is 90.1 Å². The van der Waals surface area contributed by atoms with Crippen LogP contribution in [-0.2, 0) is 23.9 Å². The van der Waals surface area contributed by atoms with Crippen LogP contribution in [0.1, 0.15) is 245 Å². The topological polar surface area (TPSA) is 98.9 Å². The molecule has 2 N–H and O–H groups in total. The third-order valence-corrected chi connectivity index (χ3v) is 10.6. The van der Waals surface area contributed by atoms with E-state index in [0.29, 0.717) is 25.9 Å². The summed E-state index contributed by atoms with van der Waals surface area (Å²) in [5, 5.41) is 0. The van der Waals surface area contributed by atoms with Crippen LogP contribution in [0.3, 0.4) is 0 Å². The summed E-state index contributed by atoms with van der Waals surface area (Å²) in [6, 6.07) is 0. The maximum Gasteiger partial charge on any atom is 0.306 e. The molecule has 0 atom stereocenters. The molecule has 0 aliphatic carbocycles. The van der Waals surface area contributed by atoms with Crippen LogP contribution in [-0.4, -0.2) is 62.5 Å². The fourth-order valence-corrected chi connectivity index (χ4v) is 7.13. The number of rotatable bonds is 43. The van der Waals surface area contributed by atoms with Gasteiger partial charge in [0.2, 0.25) is 0 Å². The maximum absolute atomic E-state index is 12.7. The Balaban J connectivity index is 0. The molecular formula is C47H94N2O5. The lowest BCUT2D eigenvalue weighted by Crippen LogP contribution is -2.27. The molecule has 0 saturated heterocycles. The fraction of sp³-hybridized carbons (Fsp3) is 0.936. The molecule has 7 heteroatoms. The van der Waals surface area contributed by atoms with E-state index < -0.39 is 0 Å². The summed E-state index contributed by atoms with van der Waals surface area (Å²) in [4.78, 5) is 38.2. The molecule has 0 aromatic rings. The molecule has 0 aromatic carbocycles. The van der Waals surface area contributed by atoms with E-state index >= 15 is 0 Å². The first-order valence-electron chi connectivity index (χ1n) is 23.7. The lowest BCUT2D eigenvalue weighted by atomic mass is 10.0. The molecule has 0 aromatic heterocycles. The second-order valence-corrected chi connectivity index (χ2v) is 15.8. The van der Waals surface area contributed by atoms with Crippen LogP contribution in [0.4, 0.5) is 0 Å². The van der Waals surface area contributed by atoms with Gasteiger partial charge in [-0.3, -0.25) is 9.59 Å². The average Bonchev–Trinajstić information content (AvgIpc) is 3.18. The molecule has 54 heavy (non-hydrogen) atoms. The number of hydrogen-bond donors (Lipinski definition) is 1. The van der Waals surface area contributed by atoms with Gasteiger partial charge in [-0.25, -0.2) is 0 Å². The van der Waals surface area contributed by atoms with Gasteiger partial charge < -0.3 is 24.9 Å². The third-order valence-electron chi connectivity index (χ3n) is 10.6. The van der Waals surface area contributed by atoms with Gasteiger partial charge in [-0.15, -0.1) is 0 Å². The third kappa shape index (κ3) is 43.3. The molecule has 0 bridgehead atoms. The van der Waals surface area contributed by atoms with Gasteiger partial charge in [0.15, 0.2) is 0 Å². The summed E-state index contributed by atoms with van der Waals surface area (Å²) in [6.45, 7) is 10.5. The zero-order valence-electron chi connectivity index (χ0n) is 36.8. The van der Waals surface area contributed by atoms with Crippen LogP contribution >= 0.6 is 0 Å². The van der Waals surface area contributed by atoms with Gasteiger partial charge in [-0.05, 0) is 90.9 Å². The van der Waals surface area contributed by atoms with Crippen molar-refractivity contribution in [1.82, 2.24) is 4.90 Å². The molecule has 0 rings (SSSR count). The van der Waals surface area contributed by atoms with Gasteiger partial charge in [0.05, 0.1) is 6.61 Å². The van der Waals surface area contributed by atoms with Gasteiger partial charge in [0.1, 0.15) is 12.4 Å². The van der Waals surface area contributed by atoms with E-state index in [1.54, 1.807) is 0 Å². The predicted molar refractivity (Wildman–Crippen MR) is 232 cm³/mol. The number of unbranched alkanes of at least 4 members (excludes halogenated alkanes) is 25. The van der Waals surface area contributed by atoms with Crippen LogP contribution in [0.15, 0.2) is 0 Å². The van der Waals surface area contributed by atoms with Gasteiger partial charge >= 0.3 is 11.9 Å². The van der Waals surface area contributed by atoms with Crippen LogP contribution in [0.5, 0.6) is 0 Å². The van der Waals surface area contributed by atoms with E-state index in [-0.39, 0.29) is 18.0 Å². The Kier molecular flexibility index (Phi) is 48.2. The zero-order valence-corrected chi connectivity index (χ0v) is 36.8. The molecule has 0 fully saturated rings. The first kappa shape index (κ1) is 54.6. The van der Waals surface area contributed by atoms with E-state index in [1.807, 2.05) is 0 Å². The molecule has 0 spiro atoms. The Morgan fingerprint density at radius 3 is 1.31 bits per heavy atom. The van der Waals surface area contributed by atoms with Crippen LogP contribution in [0, 0.1) is 0 Å². The van der Waals surface area contributed by atoms with Crippen molar-refractivity contribution in [2.45, 2.75) is 252 Å². The number of nitrogens with zero attached hydrogens (tertiary/aromatic N) is 1. The maximum atomic E-state index is 12.7. The van der Waals surface area contributed by atoms with E-state index in [4.69, 9.17) is 9.47 Å². The minimum absolute atomic E-state index is 0.0158. The Labute approximate surface area is 336 Å². The van der Waals surface area contributed by atoms with E-state index in [2.05, 4.69) is 31.4 Å². The van der Waals surface area contributed by atoms with Crippen molar-refractivity contribution in [3.8, 4) is 0 Å². The molecule has 7 nitrogen and oxygen atoms in total. The zero-order chi connectivity index (χ0) is 40.0. The minimum atomic E-state index is -0.0292. The Morgan fingerprint density at radius 1 is 0.481 bits per heavy atom. The number of aldehydes is 1. The second-order valence-electron chi connectivity index (χ2n) is 15.8. The molecule has 0 aliphatic heterocycles. The van der Waals surface area contributed by atoms with Crippen LogP contribution in [0.25, 0.3) is 0 Å². The Hall–Kier alpha value is -1.47. The standard InChI is InChI=1S/C46H89NO5.CH5N/c1-4-7-10-13-16-25-34-43-51-45(49)37-28-21-17-23-30-39-47(41-32-33-42-48)40-31-24-18-22-29-38-46(50)52-44(35-26-19-14-11-8-5-2)36-27-20-15-12-9-6-3;1-2/h42,44H,4-41,43H2,1-3H3;2H2,1H3. The number of ether oxygens (including phenoxy) is 2. The summed E-state index contributed by atoms with van der Waals surface area (Å²) in [5.74, 6) is -0.0134. The van der Waals surface area contributed by atoms with Crippen molar-refractivity contribution in [2.75, 3.05) is 33.3 Å². The Bertz CT molecular complexity index is 748. The lowest BCUT2D eigenvalue weighted by Gasteiger charge is -2.22. The molecule has 0 amide bonds. The average molecular weight is 767 g/mol. The van der Waals surface area contributed by atoms with Crippen molar-refractivity contribution in [1.29, 1.82) is 0 Å². The fourth-order valence-electron chi connectivity index (χ4n) is 7.13. The molecule has 0 saturated carbocycles. The highest BCUT2D eigenvalue weighted by molar-refractivity contribution is 5.69. The van der Waals surface area contributed by atoms with Crippen molar-refractivity contribution in [3.63, 3.8) is 0 Å². The lowest BCUT2D eigenvalue weighted by molar-refractivity contribution is -0.150. The van der Waals surface area contributed by atoms with Crippen molar-refractivity contribution >= 4 is 18.2 Å². The minimum Gasteiger partial charge on any atom is -0.466 e. The van der Waals surface area contributed by atoms with Gasteiger partial charge in [-0.2, -0.15) is 0 Å². The second kappa shape index (κ2) is 47.7. The summed E-state index contributed by atoms with van der Waals surface area (Å²) >= 11 is 0. The molecule has 0 unspecified atom stereocenters. The highest BCUT2D eigenvalue weighted by Crippen LogP contribution is 2.18.